The van der Waals surface area contributed by atoms with Crippen LogP contribution >= 0.6 is 0 Å². The molecular formula is C13H24N2O. The Morgan fingerprint density at radius 2 is 1.69 bits per heavy atom. The number of hydrogen-bond donors (Lipinski definition) is 1. The van der Waals surface area contributed by atoms with Crippen molar-refractivity contribution in [2.45, 2.75) is 51.4 Å². The summed E-state index contributed by atoms with van der Waals surface area (Å²) in [6, 6.07) is 0. The number of rotatable bonds is 2. The molecule has 1 amide bonds. The van der Waals surface area contributed by atoms with E-state index in [0.29, 0.717) is 18.4 Å². The summed E-state index contributed by atoms with van der Waals surface area (Å²) in [6.07, 6.45) is 9.97. The Labute approximate surface area is 98.4 Å². The molecule has 3 heteroatoms. The Hall–Kier alpha value is -0.570. The summed E-state index contributed by atoms with van der Waals surface area (Å²) in [5.74, 6) is 0.258. The van der Waals surface area contributed by atoms with E-state index in [9.17, 15) is 4.79 Å². The van der Waals surface area contributed by atoms with Crippen LogP contribution in [-0.2, 0) is 4.79 Å². The fourth-order valence-electron chi connectivity index (χ4n) is 3.31. The minimum absolute atomic E-state index is 0.258. The van der Waals surface area contributed by atoms with Gasteiger partial charge in [0.15, 0.2) is 0 Å². The molecule has 2 aliphatic rings. The van der Waals surface area contributed by atoms with E-state index < -0.39 is 0 Å². The van der Waals surface area contributed by atoms with Gasteiger partial charge in [-0.3, -0.25) is 4.79 Å². The van der Waals surface area contributed by atoms with Gasteiger partial charge in [-0.25, -0.2) is 0 Å². The second kappa shape index (κ2) is 5.17. The molecule has 0 radical (unpaired) electrons. The summed E-state index contributed by atoms with van der Waals surface area (Å²) in [6.45, 7) is 2.43. The number of nitrogens with zero attached hydrogens (tertiary/aromatic N) is 1. The Kier molecular flexibility index (Phi) is 3.85. The number of nitrogens with two attached hydrogens (primary N) is 1. The Balaban J connectivity index is 1.83. The number of likely N-dealkylation sites (tertiary alicyclic amines) is 1. The molecule has 1 aliphatic carbocycles. The van der Waals surface area contributed by atoms with E-state index in [-0.39, 0.29) is 5.91 Å². The van der Waals surface area contributed by atoms with Crippen molar-refractivity contribution in [3.63, 3.8) is 0 Å². The minimum Gasteiger partial charge on any atom is -0.343 e. The lowest BCUT2D eigenvalue weighted by Crippen LogP contribution is -2.44. The maximum Gasteiger partial charge on any atom is 0.223 e. The number of carbonyl (C=O) groups excluding carboxylic acids is 1. The first-order chi connectivity index (χ1) is 7.76. The Morgan fingerprint density at radius 3 is 2.25 bits per heavy atom. The molecule has 92 valence electrons. The van der Waals surface area contributed by atoms with Crippen LogP contribution in [0.2, 0.25) is 0 Å². The second-order valence-corrected chi connectivity index (χ2v) is 5.48. The molecule has 2 fully saturated rings. The highest BCUT2D eigenvalue weighted by molar-refractivity contribution is 5.76. The number of amides is 1. The highest BCUT2D eigenvalue weighted by atomic mass is 16.2. The third-order valence-corrected chi connectivity index (χ3v) is 4.45. The van der Waals surface area contributed by atoms with Crippen molar-refractivity contribution < 1.29 is 4.79 Å². The fourth-order valence-corrected chi connectivity index (χ4v) is 3.31. The fraction of sp³-hybridized carbons (Fsp3) is 0.923. The maximum absolute atomic E-state index is 11.7. The molecule has 0 aromatic carbocycles. The van der Waals surface area contributed by atoms with Crippen molar-refractivity contribution in [3.8, 4) is 0 Å². The van der Waals surface area contributed by atoms with Gasteiger partial charge in [0.2, 0.25) is 5.91 Å². The molecule has 1 saturated carbocycles. The zero-order valence-corrected chi connectivity index (χ0v) is 10.2. The van der Waals surface area contributed by atoms with Crippen LogP contribution in [0.1, 0.15) is 51.4 Å². The average molecular weight is 224 g/mol. The molecule has 3 nitrogen and oxygen atoms in total. The van der Waals surface area contributed by atoms with Gasteiger partial charge in [0.05, 0.1) is 0 Å². The van der Waals surface area contributed by atoms with Crippen molar-refractivity contribution in [3.05, 3.63) is 0 Å². The molecule has 0 unspecified atom stereocenters. The quantitative estimate of drug-likeness (QED) is 0.779. The van der Waals surface area contributed by atoms with Gasteiger partial charge >= 0.3 is 0 Å². The van der Waals surface area contributed by atoms with Crippen LogP contribution in [0.5, 0.6) is 0 Å². The molecule has 2 rings (SSSR count). The topological polar surface area (TPSA) is 46.3 Å². The van der Waals surface area contributed by atoms with Crippen molar-refractivity contribution in [1.82, 2.24) is 4.90 Å². The zero-order chi connectivity index (χ0) is 11.4. The van der Waals surface area contributed by atoms with Crippen molar-refractivity contribution in [2.24, 2.45) is 11.1 Å². The van der Waals surface area contributed by atoms with Crippen LogP contribution in [0, 0.1) is 5.41 Å². The van der Waals surface area contributed by atoms with Crippen LogP contribution < -0.4 is 5.73 Å². The highest BCUT2D eigenvalue weighted by Crippen LogP contribution is 2.44. The van der Waals surface area contributed by atoms with Crippen molar-refractivity contribution in [2.75, 3.05) is 19.6 Å². The summed E-state index contributed by atoms with van der Waals surface area (Å²) in [5, 5.41) is 0. The van der Waals surface area contributed by atoms with Gasteiger partial charge in [0, 0.05) is 26.1 Å². The molecule has 0 aromatic rings. The molecule has 16 heavy (non-hydrogen) atoms. The minimum atomic E-state index is 0.258. The summed E-state index contributed by atoms with van der Waals surface area (Å²) in [5.41, 5.74) is 6.02. The third kappa shape index (κ3) is 2.57. The average Bonchev–Trinajstić information content (AvgIpc) is 2.31. The Morgan fingerprint density at radius 1 is 1.06 bits per heavy atom. The first-order valence-corrected chi connectivity index (χ1v) is 6.74. The van der Waals surface area contributed by atoms with Crippen LogP contribution in [0.15, 0.2) is 0 Å². The number of hydrogen-bond acceptors (Lipinski definition) is 2. The van der Waals surface area contributed by atoms with Gasteiger partial charge in [-0.15, -0.1) is 0 Å². The van der Waals surface area contributed by atoms with Gasteiger partial charge in [0.25, 0.3) is 0 Å². The van der Waals surface area contributed by atoms with Crippen LogP contribution in [0.25, 0.3) is 0 Å². The smallest absolute Gasteiger partial charge is 0.223 e. The monoisotopic (exact) mass is 224 g/mol. The molecule has 1 aliphatic heterocycles. The van der Waals surface area contributed by atoms with E-state index in [4.69, 9.17) is 5.73 Å². The van der Waals surface area contributed by atoms with E-state index in [1.807, 2.05) is 4.90 Å². The zero-order valence-electron chi connectivity index (χ0n) is 10.2. The summed E-state index contributed by atoms with van der Waals surface area (Å²) >= 11 is 0. The molecular weight excluding hydrogens is 200 g/mol. The van der Waals surface area contributed by atoms with Gasteiger partial charge in [-0.1, -0.05) is 19.3 Å². The van der Waals surface area contributed by atoms with Crippen molar-refractivity contribution >= 4 is 5.91 Å². The molecule has 2 N–H and O–H groups in total. The highest BCUT2D eigenvalue weighted by Gasteiger charge is 2.36. The van der Waals surface area contributed by atoms with E-state index in [0.717, 1.165) is 13.1 Å². The normalized spacial score (nSPS) is 24.7. The van der Waals surface area contributed by atoms with Gasteiger partial charge in [-0.2, -0.15) is 0 Å². The predicted octanol–water partition coefficient (Wildman–Crippen LogP) is 1.91. The maximum atomic E-state index is 11.7. The van der Waals surface area contributed by atoms with Crippen LogP contribution in [0.4, 0.5) is 0 Å². The second-order valence-electron chi connectivity index (χ2n) is 5.48. The first kappa shape index (κ1) is 11.9. The molecule has 0 aromatic heterocycles. The van der Waals surface area contributed by atoms with Gasteiger partial charge < -0.3 is 10.6 Å². The van der Waals surface area contributed by atoms with Crippen LogP contribution in [0.3, 0.4) is 0 Å². The lowest BCUT2D eigenvalue weighted by molar-refractivity contribution is -0.133. The standard InChI is InChI=1S/C13H24N2O/c14-9-4-12(16)15-10-7-13(8-11-15)5-2-1-3-6-13/h1-11,14H2. The third-order valence-electron chi connectivity index (χ3n) is 4.45. The largest absolute Gasteiger partial charge is 0.343 e. The van der Waals surface area contributed by atoms with E-state index >= 15 is 0 Å². The van der Waals surface area contributed by atoms with Crippen molar-refractivity contribution in [1.29, 1.82) is 0 Å². The van der Waals surface area contributed by atoms with E-state index in [1.54, 1.807) is 0 Å². The summed E-state index contributed by atoms with van der Waals surface area (Å²) in [4.78, 5) is 13.7. The molecule has 1 spiro atoms. The lowest BCUT2D eigenvalue weighted by Gasteiger charge is -2.44. The Bertz CT molecular complexity index is 236. The molecule has 0 bridgehead atoms. The van der Waals surface area contributed by atoms with E-state index in [2.05, 4.69) is 0 Å². The lowest BCUT2D eigenvalue weighted by atomic mass is 9.68. The predicted molar refractivity (Wildman–Crippen MR) is 65.0 cm³/mol. The van der Waals surface area contributed by atoms with E-state index in [1.165, 1.54) is 44.9 Å². The van der Waals surface area contributed by atoms with Gasteiger partial charge in [-0.05, 0) is 31.1 Å². The number of piperidine rings is 1. The molecule has 1 saturated heterocycles. The summed E-state index contributed by atoms with van der Waals surface area (Å²) < 4.78 is 0. The molecule has 1 heterocycles. The summed E-state index contributed by atoms with van der Waals surface area (Å²) in [7, 11) is 0. The van der Waals surface area contributed by atoms with Gasteiger partial charge in [0.1, 0.15) is 0 Å². The first-order valence-electron chi connectivity index (χ1n) is 6.74. The van der Waals surface area contributed by atoms with Crippen LogP contribution in [-0.4, -0.2) is 30.4 Å². The number of carbonyl (C=O) groups is 1. The molecule has 0 atom stereocenters. The SMILES string of the molecule is NCCC(=O)N1CCC2(CCCCC2)CC1.